The van der Waals surface area contributed by atoms with Crippen molar-refractivity contribution >= 4 is 17.6 Å². The van der Waals surface area contributed by atoms with E-state index in [9.17, 15) is 9.59 Å². The van der Waals surface area contributed by atoms with Crippen LogP contribution in [-0.2, 0) is 4.79 Å². The van der Waals surface area contributed by atoms with Gasteiger partial charge >= 0.3 is 6.03 Å². The number of rotatable bonds is 4. The van der Waals surface area contributed by atoms with Gasteiger partial charge in [-0.1, -0.05) is 17.7 Å². The molecule has 0 saturated carbocycles. The van der Waals surface area contributed by atoms with Gasteiger partial charge in [-0.3, -0.25) is 9.69 Å². The number of hydrogen-bond acceptors (Lipinski definition) is 3. The molecule has 1 N–H and O–H groups in total. The zero-order valence-electron chi connectivity index (χ0n) is 15.1. The molecule has 1 aromatic carbocycles. The maximum Gasteiger partial charge on any atom is 0.319 e. The van der Waals surface area contributed by atoms with Crippen molar-refractivity contribution in [3.05, 3.63) is 29.8 Å². The van der Waals surface area contributed by atoms with Gasteiger partial charge in [-0.15, -0.1) is 0 Å². The molecule has 6 heteroatoms. The monoisotopic (exact) mass is 332 g/mol. The van der Waals surface area contributed by atoms with E-state index in [1.54, 1.807) is 19.0 Å². The van der Waals surface area contributed by atoms with Gasteiger partial charge in [0.25, 0.3) is 0 Å². The Balaban J connectivity index is 1.77. The highest BCUT2D eigenvalue weighted by atomic mass is 16.2. The van der Waals surface area contributed by atoms with Crippen molar-refractivity contribution in [2.75, 3.05) is 46.1 Å². The highest BCUT2D eigenvalue weighted by Crippen LogP contribution is 2.16. The summed E-state index contributed by atoms with van der Waals surface area (Å²) in [7, 11) is 5.39. The van der Waals surface area contributed by atoms with Crippen LogP contribution in [0.5, 0.6) is 0 Å². The van der Waals surface area contributed by atoms with Gasteiger partial charge in [0.2, 0.25) is 5.91 Å². The first-order valence-corrected chi connectivity index (χ1v) is 8.40. The second-order valence-electron chi connectivity index (χ2n) is 6.71. The molecule has 0 aromatic heterocycles. The number of piperidine rings is 1. The van der Waals surface area contributed by atoms with Crippen LogP contribution in [0.2, 0.25) is 0 Å². The van der Waals surface area contributed by atoms with Gasteiger partial charge in [-0.2, -0.15) is 0 Å². The van der Waals surface area contributed by atoms with Gasteiger partial charge in [-0.25, -0.2) is 4.79 Å². The summed E-state index contributed by atoms with van der Waals surface area (Å²) in [5, 5.41) is 2.93. The minimum absolute atomic E-state index is 0.00928. The molecule has 1 aromatic rings. The van der Waals surface area contributed by atoms with E-state index < -0.39 is 0 Å². The van der Waals surface area contributed by atoms with Crippen molar-refractivity contribution in [2.24, 2.45) is 0 Å². The highest BCUT2D eigenvalue weighted by Gasteiger charge is 2.26. The first kappa shape index (κ1) is 18.3. The highest BCUT2D eigenvalue weighted by molar-refractivity contribution is 5.92. The van der Waals surface area contributed by atoms with Gasteiger partial charge in [0.1, 0.15) is 0 Å². The van der Waals surface area contributed by atoms with Crippen LogP contribution in [0.15, 0.2) is 24.3 Å². The van der Waals surface area contributed by atoms with Crippen LogP contribution >= 0.6 is 0 Å². The fourth-order valence-electron chi connectivity index (χ4n) is 2.98. The molecule has 0 atom stereocenters. The summed E-state index contributed by atoms with van der Waals surface area (Å²) in [6.45, 7) is 4.08. The maximum absolute atomic E-state index is 12.2. The maximum atomic E-state index is 12.2. The molecule has 0 unspecified atom stereocenters. The predicted molar refractivity (Wildman–Crippen MR) is 96.1 cm³/mol. The summed E-state index contributed by atoms with van der Waals surface area (Å²) in [6, 6.07) is 8.09. The van der Waals surface area contributed by atoms with Gasteiger partial charge in [0.15, 0.2) is 0 Å². The fraction of sp³-hybridized carbons (Fsp3) is 0.556. The summed E-state index contributed by atoms with van der Waals surface area (Å²) in [5.41, 5.74) is 2.00. The lowest BCUT2D eigenvalue weighted by atomic mass is 10.0. The lowest BCUT2D eigenvalue weighted by Gasteiger charge is -2.37. The summed E-state index contributed by atoms with van der Waals surface area (Å²) in [5.74, 6) is 0.00928. The van der Waals surface area contributed by atoms with Crippen molar-refractivity contribution in [3.8, 4) is 0 Å². The number of aryl methyl sites for hydroxylation is 1. The lowest BCUT2D eigenvalue weighted by molar-refractivity contribution is -0.117. The summed E-state index contributed by atoms with van der Waals surface area (Å²) in [4.78, 5) is 29.7. The second kappa shape index (κ2) is 8.15. The van der Waals surface area contributed by atoms with Crippen LogP contribution in [0.1, 0.15) is 18.4 Å². The molecule has 0 spiro atoms. The SMILES string of the molecule is Cc1ccc(NC(=O)CN2CCC(N(C)C(=O)N(C)C)CC2)cc1. The smallest absolute Gasteiger partial charge is 0.319 e. The Morgan fingerprint density at radius 3 is 2.25 bits per heavy atom. The molecule has 0 aliphatic carbocycles. The van der Waals surface area contributed by atoms with E-state index in [-0.39, 0.29) is 18.0 Å². The standard InChI is InChI=1S/C18H28N4O2/c1-14-5-7-15(8-6-14)19-17(23)13-22-11-9-16(10-12-22)21(4)18(24)20(2)3/h5-8,16H,9-13H2,1-4H3,(H,19,23). The van der Waals surface area contributed by atoms with Crippen LogP contribution in [-0.4, -0.2) is 73.5 Å². The van der Waals surface area contributed by atoms with Crippen LogP contribution in [0, 0.1) is 6.92 Å². The Morgan fingerprint density at radius 2 is 1.71 bits per heavy atom. The number of nitrogens with zero attached hydrogens (tertiary/aromatic N) is 3. The number of urea groups is 1. The third-order valence-electron chi connectivity index (χ3n) is 4.49. The molecule has 3 amide bonds. The lowest BCUT2D eigenvalue weighted by Crippen LogP contribution is -2.49. The average Bonchev–Trinajstić information content (AvgIpc) is 2.56. The molecule has 24 heavy (non-hydrogen) atoms. The van der Waals surface area contributed by atoms with Gasteiger partial charge in [0, 0.05) is 46.0 Å². The van der Waals surface area contributed by atoms with Crippen molar-refractivity contribution in [2.45, 2.75) is 25.8 Å². The van der Waals surface area contributed by atoms with E-state index in [4.69, 9.17) is 0 Å². The van der Waals surface area contributed by atoms with Crippen molar-refractivity contribution < 1.29 is 9.59 Å². The number of carbonyl (C=O) groups excluding carboxylic acids is 2. The number of amides is 3. The molecule has 1 fully saturated rings. The largest absolute Gasteiger partial charge is 0.331 e. The zero-order valence-corrected chi connectivity index (χ0v) is 15.1. The quantitative estimate of drug-likeness (QED) is 0.918. The first-order valence-electron chi connectivity index (χ1n) is 8.40. The molecule has 1 aliphatic heterocycles. The number of anilines is 1. The van der Waals surface area contributed by atoms with Crippen LogP contribution < -0.4 is 5.32 Å². The summed E-state index contributed by atoms with van der Waals surface area (Å²) >= 11 is 0. The van der Waals surface area contributed by atoms with E-state index in [2.05, 4.69) is 10.2 Å². The van der Waals surface area contributed by atoms with Crippen molar-refractivity contribution in [3.63, 3.8) is 0 Å². The molecule has 132 valence electrons. The Hall–Kier alpha value is -2.08. The Bertz CT molecular complexity index is 563. The van der Waals surface area contributed by atoms with Crippen molar-refractivity contribution in [1.29, 1.82) is 0 Å². The average molecular weight is 332 g/mol. The predicted octanol–water partition coefficient (Wildman–Crippen LogP) is 2.01. The molecular formula is C18H28N4O2. The van der Waals surface area contributed by atoms with E-state index in [0.29, 0.717) is 6.54 Å². The van der Waals surface area contributed by atoms with E-state index >= 15 is 0 Å². The second-order valence-corrected chi connectivity index (χ2v) is 6.71. The molecule has 0 bridgehead atoms. The van der Waals surface area contributed by atoms with Gasteiger partial charge in [-0.05, 0) is 31.9 Å². The first-order chi connectivity index (χ1) is 11.4. The van der Waals surface area contributed by atoms with E-state index in [1.165, 1.54) is 5.56 Å². The third kappa shape index (κ3) is 4.96. The fourth-order valence-corrected chi connectivity index (χ4v) is 2.98. The third-order valence-corrected chi connectivity index (χ3v) is 4.49. The van der Waals surface area contributed by atoms with Gasteiger partial charge in [0.05, 0.1) is 6.54 Å². The Labute approximate surface area is 144 Å². The topological polar surface area (TPSA) is 55.9 Å². The number of carbonyl (C=O) groups is 2. The number of hydrogen-bond donors (Lipinski definition) is 1. The van der Waals surface area contributed by atoms with E-state index in [0.717, 1.165) is 31.6 Å². The van der Waals surface area contributed by atoms with Crippen LogP contribution in [0.3, 0.4) is 0 Å². The molecule has 1 aliphatic rings. The van der Waals surface area contributed by atoms with Gasteiger partial charge < -0.3 is 15.1 Å². The summed E-state index contributed by atoms with van der Waals surface area (Å²) in [6.07, 6.45) is 1.79. The minimum Gasteiger partial charge on any atom is -0.331 e. The summed E-state index contributed by atoms with van der Waals surface area (Å²) < 4.78 is 0. The molecular weight excluding hydrogens is 304 g/mol. The molecule has 6 nitrogen and oxygen atoms in total. The molecule has 1 saturated heterocycles. The van der Waals surface area contributed by atoms with Crippen molar-refractivity contribution in [1.82, 2.24) is 14.7 Å². The van der Waals surface area contributed by atoms with Crippen LogP contribution in [0.4, 0.5) is 10.5 Å². The number of likely N-dealkylation sites (tertiary alicyclic amines) is 1. The minimum atomic E-state index is 0.00928. The number of benzene rings is 1. The van der Waals surface area contributed by atoms with E-state index in [1.807, 2.05) is 43.1 Å². The molecule has 2 rings (SSSR count). The molecule has 0 radical (unpaired) electrons. The normalized spacial score (nSPS) is 15.8. The Morgan fingerprint density at radius 1 is 1.12 bits per heavy atom. The number of nitrogens with one attached hydrogen (secondary N) is 1. The van der Waals surface area contributed by atoms with Crippen LogP contribution in [0.25, 0.3) is 0 Å². The Kier molecular flexibility index (Phi) is 6.20. The molecule has 1 heterocycles. The zero-order chi connectivity index (χ0) is 17.7.